The molecule has 0 radical (unpaired) electrons. The third-order valence-corrected chi connectivity index (χ3v) is 4.36. The van der Waals surface area contributed by atoms with Gasteiger partial charge in [-0.3, -0.25) is 14.9 Å². The van der Waals surface area contributed by atoms with Crippen LogP contribution in [0.25, 0.3) is 0 Å². The SMILES string of the molecule is CSC(C)(C)CNC(=O)c1cc([N+](=O)[O-])cc(Cl)c1N. The highest BCUT2D eigenvalue weighted by atomic mass is 35.5. The zero-order valence-corrected chi connectivity index (χ0v) is 13.0. The van der Waals surface area contributed by atoms with Crippen molar-refractivity contribution in [2.75, 3.05) is 18.5 Å². The number of nitro benzene ring substituents is 1. The van der Waals surface area contributed by atoms with Crippen LogP contribution in [0.2, 0.25) is 5.02 Å². The quantitative estimate of drug-likeness (QED) is 0.494. The molecule has 0 unspecified atom stereocenters. The van der Waals surface area contributed by atoms with Gasteiger partial charge in [-0.1, -0.05) is 11.6 Å². The van der Waals surface area contributed by atoms with E-state index in [1.54, 1.807) is 11.8 Å². The average Bonchev–Trinajstić information content (AvgIpc) is 2.38. The first-order valence-corrected chi connectivity index (χ1v) is 7.35. The molecule has 0 aliphatic rings. The largest absolute Gasteiger partial charge is 0.397 e. The van der Waals surface area contributed by atoms with Gasteiger partial charge in [0, 0.05) is 23.4 Å². The first-order valence-electron chi connectivity index (χ1n) is 5.74. The summed E-state index contributed by atoms with van der Waals surface area (Å²) < 4.78 is -0.144. The van der Waals surface area contributed by atoms with Crippen LogP contribution < -0.4 is 11.1 Å². The molecule has 1 aromatic rings. The normalized spacial score (nSPS) is 11.2. The van der Waals surface area contributed by atoms with Gasteiger partial charge in [-0.2, -0.15) is 11.8 Å². The predicted octanol–water partition coefficient (Wildman–Crippen LogP) is 2.70. The molecule has 110 valence electrons. The van der Waals surface area contributed by atoms with Crippen molar-refractivity contribution in [3.05, 3.63) is 32.8 Å². The summed E-state index contributed by atoms with van der Waals surface area (Å²) in [4.78, 5) is 22.2. The lowest BCUT2D eigenvalue weighted by Crippen LogP contribution is -2.36. The van der Waals surface area contributed by atoms with E-state index in [0.29, 0.717) is 6.54 Å². The molecule has 0 atom stereocenters. The van der Waals surface area contributed by atoms with Gasteiger partial charge in [0.15, 0.2) is 0 Å². The first-order chi connectivity index (χ1) is 9.18. The van der Waals surface area contributed by atoms with Crippen molar-refractivity contribution in [2.45, 2.75) is 18.6 Å². The lowest BCUT2D eigenvalue weighted by atomic mass is 10.1. The van der Waals surface area contributed by atoms with Gasteiger partial charge in [0.2, 0.25) is 0 Å². The number of nitro groups is 1. The Morgan fingerprint density at radius 2 is 2.15 bits per heavy atom. The summed E-state index contributed by atoms with van der Waals surface area (Å²) >= 11 is 7.41. The van der Waals surface area contributed by atoms with Crippen LogP contribution in [-0.2, 0) is 0 Å². The zero-order chi connectivity index (χ0) is 15.5. The maximum Gasteiger partial charge on any atom is 0.271 e. The Morgan fingerprint density at radius 3 is 2.65 bits per heavy atom. The molecule has 1 rings (SSSR count). The molecule has 0 heterocycles. The number of rotatable bonds is 5. The fourth-order valence-corrected chi connectivity index (χ4v) is 1.79. The molecule has 6 nitrogen and oxygen atoms in total. The van der Waals surface area contributed by atoms with Gasteiger partial charge in [0.05, 0.1) is 21.2 Å². The average molecular weight is 318 g/mol. The van der Waals surface area contributed by atoms with Gasteiger partial charge in [0.1, 0.15) is 0 Å². The highest BCUT2D eigenvalue weighted by Crippen LogP contribution is 2.29. The summed E-state index contributed by atoms with van der Waals surface area (Å²) in [6, 6.07) is 2.25. The molecule has 0 spiro atoms. The molecule has 1 aromatic carbocycles. The van der Waals surface area contributed by atoms with Gasteiger partial charge in [-0.05, 0) is 20.1 Å². The second kappa shape index (κ2) is 6.32. The van der Waals surface area contributed by atoms with Crippen LogP contribution in [-0.4, -0.2) is 28.4 Å². The van der Waals surface area contributed by atoms with Crippen molar-refractivity contribution in [3.8, 4) is 0 Å². The minimum atomic E-state index is -0.617. The summed E-state index contributed by atoms with van der Waals surface area (Å²) in [5.74, 6) is -0.477. The van der Waals surface area contributed by atoms with E-state index in [9.17, 15) is 14.9 Å². The number of non-ortho nitro benzene ring substituents is 1. The zero-order valence-electron chi connectivity index (χ0n) is 11.4. The van der Waals surface area contributed by atoms with E-state index in [1.807, 2.05) is 20.1 Å². The van der Waals surface area contributed by atoms with Crippen molar-refractivity contribution in [1.82, 2.24) is 5.32 Å². The van der Waals surface area contributed by atoms with Crippen LogP contribution in [0.4, 0.5) is 11.4 Å². The first kappa shape index (κ1) is 16.6. The Balaban J connectivity index is 3.01. The van der Waals surface area contributed by atoms with Gasteiger partial charge in [0.25, 0.3) is 11.6 Å². The molecular formula is C12H16ClN3O3S. The predicted molar refractivity (Wildman–Crippen MR) is 82.4 cm³/mol. The number of nitrogen functional groups attached to an aromatic ring is 1. The van der Waals surface area contributed by atoms with E-state index in [0.717, 1.165) is 12.1 Å². The molecule has 3 N–H and O–H groups in total. The van der Waals surface area contributed by atoms with E-state index in [2.05, 4.69) is 5.32 Å². The van der Waals surface area contributed by atoms with Crippen LogP contribution in [0.1, 0.15) is 24.2 Å². The number of benzene rings is 1. The molecule has 0 saturated heterocycles. The molecule has 0 aliphatic heterocycles. The van der Waals surface area contributed by atoms with E-state index in [-0.39, 0.29) is 26.7 Å². The summed E-state index contributed by atoms with van der Waals surface area (Å²) in [7, 11) is 0. The van der Waals surface area contributed by atoms with Crippen molar-refractivity contribution in [1.29, 1.82) is 0 Å². The number of halogens is 1. The topological polar surface area (TPSA) is 98.3 Å². The third kappa shape index (κ3) is 4.01. The minimum Gasteiger partial charge on any atom is -0.397 e. The second-order valence-electron chi connectivity index (χ2n) is 4.79. The van der Waals surface area contributed by atoms with Crippen molar-refractivity contribution in [3.63, 3.8) is 0 Å². The number of hydrogen-bond acceptors (Lipinski definition) is 5. The monoisotopic (exact) mass is 317 g/mol. The summed E-state index contributed by atoms with van der Waals surface area (Å²) in [6.45, 7) is 4.36. The number of anilines is 1. The highest BCUT2D eigenvalue weighted by molar-refractivity contribution is 7.99. The van der Waals surface area contributed by atoms with Gasteiger partial charge < -0.3 is 11.1 Å². The molecule has 8 heteroatoms. The maximum atomic E-state index is 12.1. The number of hydrogen-bond donors (Lipinski definition) is 2. The van der Waals surface area contributed by atoms with E-state index >= 15 is 0 Å². The lowest BCUT2D eigenvalue weighted by Gasteiger charge is -2.22. The number of nitrogens with one attached hydrogen (secondary N) is 1. The van der Waals surface area contributed by atoms with Gasteiger partial charge in [-0.25, -0.2) is 0 Å². The van der Waals surface area contributed by atoms with E-state index < -0.39 is 10.8 Å². The van der Waals surface area contributed by atoms with E-state index in [4.69, 9.17) is 17.3 Å². The molecule has 1 amide bonds. The lowest BCUT2D eigenvalue weighted by molar-refractivity contribution is -0.384. The van der Waals surface area contributed by atoms with Crippen LogP contribution in [0, 0.1) is 10.1 Å². The van der Waals surface area contributed by atoms with Crippen molar-refractivity contribution < 1.29 is 9.72 Å². The Bertz CT molecular complexity index is 549. The Hall–Kier alpha value is -1.47. The van der Waals surface area contributed by atoms with Crippen LogP contribution in [0.3, 0.4) is 0 Å². The smallest absolute Gasteiger partial charge is 0.271 e. The summed E-state index contributed by atoms with van der Waals surface area (Å²) in [5, 5.41) is 13.5. The van der Waals surface area contributed by atoms with Crippen molar-refractivity contribution in [2.24, 2.45) is 0 Å². The molecule has 0 aromatic heterocycles. The molecule has 0 saturated carbocycles. The maximum absolute atomic E-state index is 12.1. The third-order valence-electron chi connectivity index (χ3n) is 2.80. The number of nitrogens with two attached hydrogens (primary N) is 1. The number of nitrogens with zero attached hydrogens (tertiary/aromatic N) is 1. The second-order valence-corrected chi connectivity index (χ2v) is 6.71. The fourth-order valence-electron chi connectivity index (χ4n) is 1.36. The number of amides is 1. The minimum absolute atomic E-state index is 0.00604. The number of carbonyl (C=O) groups excluding carboxylic acids is 1. The molecule has 0 fully saturated rings. The Kier molecular flexibility index (Phi) is 5.24. The van der Waals surface area contributed by atoms with Gasteiger partial charge in [-0.15, -0.1) is 0 Å². The van der Waals surface area contributed by atoms with Gasteiger partial charge >= 0.3 is 0 Å². The highest BCUT2D eigenvalue weighted by Gasteiger charge is 2.21. The van der Waals surface area contributed by atoms with Crippen LogP contribution >= 0.6 is 23.4 Å². The molecule has 0 bridgehead atoms. The van der Waals surface area contributed by atoms with Crippen LogP contribution in [0.5, 0.6) is 0 Å². The number of thioether (sulfide) groups is 1. The Morgan fingerprint density at radius 1 is 1.55 bits per heavy atom. The summed E-state index contributed by atoms with van der Waals surface area (Å²) in [6.07, 6.45) is 1.94. The molecule has 0 aliphatic carbocycles. The molecule has 20 heavy (non-hydrogen) atoms. The standard InChI is InChI=1S/C12H16ClN3O3S/c1-12(2,20-3)6-15-11(17)8-4-7(16(18)19)5-9(13)10(8)14/h4-5H,6,14H2,1-3H3,(H,15,17). The Labute approximate surface area is 126 Å². The summed E-state index contributed by atoms with van der Waals surface area (Å²) in [5.41, 5.74) is 5.49. The van der Waals surface area contributed by atoms with Crippen molar-refractivity contribution >= 4 is 40.6 Å². The van der Waals surface area contributed by atoms with E-state index in [1.165, 1.54) is 0 Å². The molecular weight excluding hydrogens is 302 g/mol. The number of carbonyl (C=O) groups is 1. The fraction of sp³-hybridized carbons (Fsp3) is 0.417. The van der Waals surface area contributed by atoms with Crippen LogP contribution in [0.15, 0.2) is 12.1 Å².